The van der Waals surface area contributed by atoms with E-state index in [1.165, 1.54) is 43.2 Å². The van der Waals surface area contributed by atoms with Crippen LogP contribution in [0.1, 0.15) is 76.8 Å². The van der Waals surface area contributed by atoms with Crippen LogP contribution >= 0.6 is 0 Å². The zero-order valence-electron chi connectivity index (χ0n) is 19.7. The standard InChI is InChI=1S/C27H41NO3/c1-27(2,3)23-7-10-24(11-8-23)31-25-9-6-21-16-19(4-5-22(21)17-25)18-28-14-12-20(13-15-28)26(29)30/h6,9,17,19-20,23-24H,4-5,7-8,10-16,18H2,1-3H3,(H,29,30)/t19?,23-,24-. The van der Waals surface area contributed by atoms with Crippen molar-refractivity contribution in [2.45, 2.75) is 84.7 Å². The van der Waals surface area contributed by atoms with Crippen LogP contribution in [0.4, 0.5) is 0 Å². The van der Waals surface area contributed by atoms with E-state index in [0.717, 1.165) is 57.0 Å². The highest BCUT2D eigenvalue weighted by Gasteiger charge is 2.31. The minimum atomic E-state index is -0.619. The average molecular weight is 428 g/mol. The van der Waals surface area contributed by atoms with Crippen molar-refractivity contribution in [3.63, 3.8) is 0 Å². The van der Waals surface area contributed by atoms with Crippen LogP contribution in [0.2, 0.25) is 0 Å². The van der Waals surface area contributed by atoms with Gasteiger partial charge in [0, 0.05) is 6.54 Å². The van der Waals surface area contributed by atoms with E-state index >= 15 is 0 Å². The molecule has 4 heteroatoms. The second kappa shape index (κ2) is 9.52. The fourth-order valence-corrected chi connectivity index (χ4v) is 6.00. The van der Waals surface area contributed by atoms with E-state index in [4.69, 9.17) is 4.74 Å². The van der Waals surface area contributed by atoms with Gasteiger partial charge in [-0.1, -0.05) is 26.8 Å². The number of nitrogens with zero attached hydrogens (tertiary/aromatic N) is 1. The van der Waals surface area contributed by atoms with Crippen LogP contribution in [0.15, 0.2) is 18.2 Å². The van der Waals surface area contributed by atoms with Gasteiger partial charge in [-0.05, 0) is 111 Å². The molecule has 31 heavy (non-hydrogen) atoms. The molecule has 172 valence electrons. The van der Waals surface area contributed by atoms with Gasteiger partial charge in [0.1, 0.15) is 5.75 Å². The lowest BCUT2D eigenvalue weighted by Crippen LogP contribution is -2.40. The van der Waals surface area contributed by atoms with Crippen molar-refractivity contribution in [3.8, 4) is 5.75 Å². The number of carbonyl (C=O) groups is 1. The molecule has 1 aromatic carbocycles. The van der Waals surface area contributed by atoms with E-state index in [1.54, 1.807) is 0 Å². The van der Waals surface area contributed by atoms with Crippen molar-refractivity contribution in [3.05, 3.63) is 29.3 Å². The van der Waals surface area contributed by atoms with Gasteiger partial charge in [0.15, 0.2) is 0 Å². The molecule has 1 unspecified atom stereocenters. The SMILES string of the molecule is CC(C)(C)[C@H]1CC[C@H](Oc2ccc3c(c2)CCC(CN2CCC(C(=O)O)CC2)C3)CC1. The number of fused-ring (bicyclic) bond motifs is 1. The Morgan fingerprint density at radius 1 is 1.03 bits per heavy atom. The van der Waals surface area contributed by atoms with Crippen molar-refractivity contribution >= 4 is 5.97 Å². The Labute approximate surface area is 188 Å². The Morgan fingerprint density at radius 3 is 2.39 bits per heavy atom. The number of aryl methyl sites for hydroxylation is 1. The van der Waals surface area contributed by atoms with Gasteiger partial charge < -0.3 is 14.7 Å². The smallest absolute Gasteiger partial charge is 0.306 e. The Morgan fingerprint density at radius 2 is 1.74 bits per heavy atom. The molecule has 4 rings (SSSR count). The minimum Gasteiger partial charge on any atom is -0.490 e. The summed E-state index contributed by atoms with van der Waals surface area (Å²) < 4.78 is 6.40. The van der Waals surface area contributed by atoms with E-state index in [2.05, 4.69) is 43.9 Å². The summed E-state index contributed by atoms with van der Waals surface area (Å²) in [5, 5.41) is 9.20. The fraction of sp³-hybridized carbons (Fsp3) is 0.741. The molecule has 0 amide bonds. The summed E-state index contributed by atoms with van der Waals surface area (Å²) in [5.41, 5.74) is 3.38. The van der Waals surface area contributed by atoms with Crippen LogP contribution in [0.5, 0.6) is 5.75 Å². The van der Waals surface area contributed by atoms with Gasteiger partial charge in [0.05, 0.1) is 12.0 Å². The van der Waals surface area contributed by atoms with Crippen molar-refractivity contribution in [1.82, 2.24) is 4.90 Å². The number of likely N-dealkylation sites (tertiary alicyclic amines) is 1. The molecule has 3 aliphatic rings. The molecule has 1 N–H and O–H groups in total. The molecule has 1 aromatic rings. The van der Waals surface area contributed by atoms with Gasteiger partial charge in [0.2, 0.25) is 0 Å². The topological polar surface area (TPSA) is 49.8 Å². The van der Waals surface area contributed by atoms with E-state index in [-0.39, 0.29) is 5.92 Å². The molecule has 2 aliphatic carbocycles. The van der Waals surface area contributed by atoms with Gasteiger partial charge in [-0.3, -0.25) is 4.79 Å². The normalized spacial score (nSPS) is 28.2. The van der Waals surface area contributed by atoms with Crippen LogP contribution in [0.25, 0.3) is 0 Å². The highest BCUT2D eigenvalue weighted by molar-refractivity contribution is 5.70. The van der Waals surface area contributed by atoms with Crippen LogP contribution in [0, 0.1) is 23.2 Å². The van der Waals surface area contributed by atoms with E-state index < -0.39 is 5.97 Å². The number of piperidine rings is 1. The summed E-state index contributed by atoms with van der Waals surface area (Å²) in [4.78, 5) is 13.7. The number of benzene rings is 1. The molecule has 0 spiro atoms. The van der Waals surface area contributed by atoms with Gasteiger partial charge >= 0.3 is 5.97 Å². The molecular weight excluding hydrogens is 386 g/mol. The van der Waals surface area contributed by atoms with E-state index in [1.807, 2.05) is 0 Å². The third-order valence-electron chi connectivity index (χ3n) is 8.16. The molecule has 0 aromatic heterocycles. The predicted molar refractivity (Wildman–Crippen MR) is 125 cm³/mol. The first kappa shape index (κ1) is 22.6. The number of carboxylic acid groups (broad SMARTS) is 1. The maximum atomic E-state index is 11.2. The lowest BCUT2D eigenvalue weighted by molar-refractivity contribution is -0.143. The highest BCUT2D eigenvalue weighted by atomic mass is 16.5. The molecule has 1 saturated heterocycles. The Balaban J connectivity index is 1.26. The number of aliphatic carboxylic acids is 1. The number of rotatable bonds is 5. The van der Waals surface area contributed by atoms with Gasteiger partial charge in [0.25, 0.3) is 0 Å². The van der Waals surface area contributed by atoms with Crippen LogP contribution in [0.3, 0.4) is 0 Å². The van der Waals surface area contributed by atoms with Crippen molar-refractivity contribution in [2.75, 3.05) is 19.6 Å². The second-order valence-electron chi connectivity index (χ2n) is 11.4. The molecule has 0 bridgehead atoms. The first-order valence-corrected chi connectivity index (χ1v) is 12.5. The first-order chi connectivity index (χ1) is 14.8. The molecule has 1 atom stereocenters. The largest absolute Gasteiger partial charge is 0.490 e. The molecule has 1 aliphatic heterocycles. The number of carboxylic acids is 1. The lowest BCUT2D eigenvalue weighted by Gasteiger charge is -2.37. The average Bonchev–Trinajstić information content (AvgIpc) is 2.74. The van der Waals surface area contributed by atoms with Crippen molar-refractivity contribution < 1.29 is 14.6 Å². The van der Waals surface area contributed by atoms with E-state index in [0.29, 0.717) is 17.4 Å². The van der Waals surface area contributed by atoms with Crippen LogP contribution in [-0.4, -0.2) is 41.7 Å². The predicted octanol–water partition coefficient (Wildman–Crippen LogP) is 5.57. The van der Waals surface area contributed by atoms with Crippen molar-refractivity contribution in [2.24, 2.45) is 23.2 Å². The Hall–Kier alpha value is -1.55. The van der Waals surface area contributed by atoms with Gasteiger partial charge in [-0.2, -0.15) is 0 Å². The quantitative estimate of drug-likeness (QED) is 0.667. The number of hydrogen-bond donors (Lipinski definition) is 1. The maximum Gasteiger partial charge on any atom is 0.306 e. The highest BCUT2D eigenvalue weighted by Crippen LogP contribution is 2.39. The summed E-state index contributed by atoms with van der Waals surface area (Å²) in [6, 6.07) is 6.80. The van der Waals surface area contributed by atoms with Crippen LogP contribution < -0.4 is 4.74 Å². The zero-order valence-corrected chi connectivity index (χ0v) is 19.7. The summed E-state index contributed by atoms with van der Waals surface area (Å²) in [7, 11) is 0. The molecular formula is C27H41NO3. The third kappa shape index (κ3) is 5.83. The molecule has 0 radical (unpaired) electrons. The minimum absolute atomic E-state index is 0.134. The first-order valence-electron chi connectivity index (χ1n) is 12.5. The van der Waals surface area contributed by atoms with E-state index in [9.17, 15) is 9.90 Å². The molecule has 1 saturated carbocycles. The Bertz CT molecular complexity index is 752. The maximum absolute atomic E-state index is 11.2. The van der Waals surface area contributed by atoms with Gasteiger partial charge in [-0.15, -0.1) is 0 Å². The zero-order chi connectivity index (χ0) is 22.0. The number of ether oxygens (including phenoxy) is 1. The third-order valence-corrected chi connectivity index (χ3v) is 8.16. The molecule has 2 fully saturated rings. The Kier molecular flexibility index (Phi) is 6.95. The van der Waals surface area contributed by atoms with Crippen LogP contribution in [-0.2, 0) is 17.6 Å². The molecule has 1 heterocycles. The summed E-state index contributed by atoms with van der Waals surface area (Å²) in [6.07, 6.45) is 10.4. The second-order valence-corrected chi connectivity index (χ2v) is 11.4. The van der Waals surface area contributed by atoms with Gasteiger partial charge in [-0.25, -0.2) is 0 Å². The molecule has 4 nitrogen and oxygen atoms in total. The van der Waals surface area contributed by atoms with Crippen molar-refractivity contribution in [1.29, 1.82) is 0 Å². The summed E-state index contributed by atoms with van der Waals surface area (Å²) in [5.74, 6) is 1.82. The fourth-order valence-electron chi connectivity index (χ4n) is 6.00. The monoisotopic (exact) mass is 427 g/mol. The summed E-state index contributed by atoms with van der Waals surface area (Å²) >= 11 is 0. The lowest BCUT2D eigenvalue weighted by atomic mass is 9.72. The number of hydrogen-bond acceptors (Lipinski definition) is 3. The summed E-state index contributed by atoms with van der Waals surface area (Å²) in [6.45, 7) is 10.1.